The fourth-order valence-corrected chi connectivity index (χ4v) is 4.17. The molecule has 1 unspecified atom stereocenters. The standard InChI is InChI=1S/C21H24ClN3O4S/c1-2-15-7-8-18-21(14-9-11-23-19(22)13-14)16(5-3-4-6-20(26)27)17(24-25(15)18)10-12-30(28)29/h7-9,11,13H,2-6,10,12H2,1H3,(H,26,27)(H,28,29)/p-1. The van der Waals surface area contributed by atoms with Gasteiger partial charge in [-0.3, -0.25) is 9.00 Å². The summed E-state index contributed by atoms with van der Waals surface area (Å²) in [7, 11) is 0. The van der Waals surface area contributed by atoms with Crippen molar-refractivity contribution in [2.24, 2.45) is 0 Å². The number of halogens is 1. The van der Waals surface area contributed by atoms with Gasteiger partial charge in [0.05, 0.1) is 11.2 Å². The monoisotopic (exact) mass is 448 g/mol. The van der Waals surface area contributed by atoms with E-state index in [2.05, 4.69) is 4.98 Å². The van der Waals surface area contributed by atoms with Gasteiger partial charge in [-0.15, -0.1) is 0 Å². The Labute approximate surface area is 182 Å². The zero-order chi connectivity index (χ0) is 21.7. The first-order valence-corrected chi connectivity index (χ1v) is 11.4. The summed E-state index contributed by atoms with van der Waals surface area (Å²) >= 11 is 3.97. The number of unbranched alkanes of at least 4 members (excludes halogenated alkanes) is 1. The number of hydrogen-bond acceptors (Lipinski definition) is 5. The highest BCUT2D eigenvalue weighted by molar-refractivity contribution is 7.79. The first-order chi connectivity index (χ1) is 14.4. The van der Waals surface area contributed by atoms with Crippen molar-refractivity contribution in [2.45, 2.75) is 45.4 Å². The molecule has 1 atom stereocenters. The van der Waals surface area contributed by atoms with Crippen LogP contribution in [0.4, 0.5) is 0 Å². The lowest BCUT2D eigenvalue weighted by Crippen LogP contribution is -2.12. The molecule has 3 heterocycles. The Kier molecular flexibility index (Phi) is 7.58. The van der Waals surface area contributed by atoms with Crippen LogP contribution >= 0.6 is 11.6 Å². The molecule has 0 bridgehead atoms. The average molecular weight is 449 g/mol. The molecule has 30 heavy (non-hydrogen) atoms. The quantitative estimate of drug-likeness (QED) is 0.287. The van der Waals surface area contributed by atoms with Gasteiger partial charge in [-0.1, -0.05) is 29.6 Å². The van der Waals surface area contributed by atoms with Gasteiger partial charge in [-0.05, 0) is 61.1 Å². The summed E-state index contributed by atoms with van der Waals surface area (Å²) in [6, 6.07) is 7.67. The number of rotatable bonds is 10. The van der Waals surface area contributed by atoms with Crippen LogP contribution in [0.15, 0.2) is 30.5 Å². The van der Waals surface area contributed by atoms with Crippen LogP contribution in [0.3, 0.4) is 0 Å². The molecule has 3 aromatic heterocycles. The second kappa shape index (κ2) is 10.1. The molecule has 160 valence electrons. The van der Waals surface area contributed by atoms with E-state index in [0.29, 0.717) is 30.1 Å². The third-order valence-corrected chi connectivity index (χ3v) is 5.76. The third-order valence-electron chi connectivity index (χ3n) is 5.01. The fraction of sp³-hybridized carbons (Fsp3) is 0.381. The van der Waals surface area contributed by atoms with Gasteiger partial charge in [0.1, 0.15) is 5.15 Å². The molecule has 0 fully saturated rings. The molecule has 7 nitrogen and oxygen atoms in total. The van der Waals surface area contributed by atoms with E-state index in [1.165, 1.54) is 0 Å². The number of aromatic nitrogens is 3. The van der Waals surface area contributed by atoms with E-state index in [-0.39, 0.29) is 18.6 Å². The van der Waals surface area contributed by atoms with Crippen LogP contribution in [0.1, 0.15) is 43.1 Å². The lowest BCUT2D eigenvalue weighted by atomic mass is 9.94. The number of aryl methyl sites for hydroxylation is 2. The minimum absolute atomic E-state index is 0.0279. The smallest absolute Gasteiger partial charge is 0.303 e. The fourth-order valence-electron chi connectivity index (χ4n) is 3.63. The maximum Gasteiger partial charge on any atom is 0.303 e. The molecular formula is C21H23ClN3O4S-. The third kappa shape index (κ3) is 5.24. The number of pyridine rings is 1. The molecular weight excluding hydrogens is 426 g/mol. The van der Waals surface area contributed by atoms with E-state index in [1.54, 1.807) is 12.3 Å². The Morgan fingerprint density at radius 1 is 1.27 bits per heavy atom. The van der Waals surface area contributed by atoms with Gasteiger partial charge in [0.15, 0.2) is 0 Å². The van der Waals surface area contributed by atoms with E-state index >= 15 is 0 Å². The Morgan fingerprint density at radius 2 is 2.07 bits per heavy atom. The molecule has 0 radical (unpaired) electrons. The average Bonchev–Trinajstić information content (AvgIpc) is 3.11. The normalized spacial score (nSPS) is 12.4. The summed E-state index contributed by atoms with van der Waals surface area (Å²) in [5, 5.41) is 14.1. The van der Waals surface area contributed by atoms with E-state index in [9.17, 15) is 13.6 Å². The number of carboxylic acids is 1. The van der Waals surface area contributed by atoms with Crippen LogP contribution in [0.25, 0.3) is 16.6 Å². The van der Waals surface area contributed by atoms with Crippen molar-refractivity contribution in [2.75, 3.05) is 5.75 Å². The van der Waals surface area contributed by atoms with Crippen molar-refractivity contribution in [3.8, 4) is 11.1 Å². The minimum atomic E-state index is -2.18. The summed E-state index contributed by atoms with van der Waals surface area (Å²) < 4.78 is 24.3. The molecule has 0 aliphatic carbocycles. The second-order valence-corrected chi connectivity index (χ2v) is 8.40. The van der Waals surface area contributed by atoms with Crippen molar-refractivity contribution in [3.63, 3.8) is 0 Å². The maximum atomic E-state index is 11.2. The van der Waals surface area contributed by atoms with Crippen LogP contribution in [0, 0.1) is 0 Å². The van der Waals surface area contributed by atoms with Crippen LogP contribution in [-0.2, 0) is 35.1 Å². The Bertz CT molecular complexity index is 1080. The molecule has 0 amide bonds. The summed E-state index contributed by atoms with van der Waals surface area (Å²) in [5.74, 6) is -0.856. The zero-order valence-corrected chi connectivity index (χ0v) is 18.2. The van der Waals surface area contributed by atoms with E-state index in [0.717, 1.165) is 34.3 Å². The van der Waals surface area contributed by atoms with Gasteiger partial charge in [-0.25, -0.2) is 9.50 Å². The number of hydrogen-bond donors (Lipinski definition) is 1. The van der Waals surface area contributed by atoms with Gasteiger partial charge in [-0.2, -0.15) is 5.10 Å². The van der Waals surface area contributed by atoms with Crippen LogP contribution < -0.4 is 0 Å². The lowest BCUT2D eigenvalue weighted by Gasteiger charge is -2.18. The largest absolute Gasteiger partial charge is 0.772 e. The molecule has 0 saturated carbocycles. The first-order valence-electron chi connectivity index (χ1n) is 9.82. The summed E-state index contributed by atoms with van der Waals surface area (Å²) in [5.41, 5.74) is 5.39. The molecule has 3 rings (SSSR count). The highest BCUT2D eigenvalue weighted by Gasteiger charge is 2.19. The summed E-state index contributed by atoms with van der Waals surface area (Å²) in [6.45, 7) is 2.04. The summed E-state index contributed by atoms with van der Waals surface area (Å²) in [4.78, 5) is 15.0. The number of nitrogens with zero attached hydrogens (tertiary/aromatic N) is 3. The van der Waals surface area contributed by atoms with Crippen molar-refractivity contribution >= 4 is 34.2 Å². The second-order valence-electron chi connectivity index (χ2n) is 7.00. The predicted molar refractivity (Wildman–Crippen MR) is 115 cm³/mol. The van der Waals surface area contributed by atoms with Crippen molar-refractivity contribution in [3.05, 3.63) is 52.6 Å². The minimum Gasteiger partial charge on any atom is -0.772 e. The number of carbonyl (C=O) groups is 1. The van der Waals surface area contributed by atoms with Gasteiger partial charge >= 0.3 is 5.97 Å². The van der Waals surface area contributed by atoms with Crippen LogP contribution in [0.5, 0.6) is 0 Å². The Morgan fingerprint density at radius 3 is 2.73 bits per heavy atom. The van der Waals surface area contributed by atoms with Crippen molar-refractivity contribution in [1.82, 2.24) is 14.6 Å². The molecule has 0 aliphatic rings. The van der Waals surface area contributed by atoms with Crippen molar-refractivity contribution in [1.29, 1.82) is 0 Å². The molecule has 9 heteroatoms. The van der Waals surface area contributed by atoms with E-state index in [1.807, 2.05) is 29.6 Å². The molecule has 0 saturated heterocycles. The van der Waals surface area contributed by atoms with E-state index < -0.39 is 17.0 Å². The van der Waals surface area contributed by atoms with Crippen LogP contribution in [-0.4, -0.2) is 40.2 Å². The van der Waals surface area contributed by atoms with E-state index in [4.69, 9.17) is 21.8 Å². The molecule has 3 aromatic rings. The SMILES string of the molecule is CCc1ccc2c(-c3ccnc(Cl)c3)c(CCCCC(=O)O)c(CCS(=O)[O-])nn12. The molecule has 0 spiro atoms. The van der Waals surface area contributed by atoms with Crippen molar-refractivity contribution < 1.29 is 18.7 Å². The van der Waals surface area contributed by atoms with Gasteiger partial charge in [0.25, 0.3) is 0 Å². The number of fused-ring (bicyclic) bond motifs is 1. The predicted octanol–water partition coefficient (Wildman–Crippen LogP) is 3.83. The summed E-state index contributed by atoms with van der Waals surface area (Å²) in [6.07, 6.45) is 4.58. The topological polar surface area (TPSA) is 108 Å². The lowest BCUT2D eigenvalue weighted by molar-refractivity contribution is -0.137. The van der Waals surface area contributed by atoms with Gasteiger partial charge in [0, 0.05) is 36.0 Å². The Balaban J connectivity index is 2.17. The van der Waals surface area contributed by atoms with Gasteiger partial charge in [0.2, 0.25) is 0 Å². The molecule has 1 N–H and O–H groups in total. The van der Waals surface area contributed by atoms with Gasteiger partial charge < -0.3 is 9.66 Å². The zero-order valence-electron chi connectivity index (χ0n) is 16.6. The molecule has 0 aromatic carbocycles. The highest BCUT2D eigenvalue weighted by Crippen LogP contribution is 2.33. The number of carboxylic acid groups (broad SMARTS) is 1. The Hall–Kier alpha value is -2.29. The van der Waals surface area contributed by atoms with Crippen LogP contribution in [0.2, 0.25) is 5.15 Å². The highest BCUT2D eigenvalue weighted by atomic mass is 35.5. The molecule has 0 aliphatic heterocycles. The maximum absolute atomic E-state index is 11.2. The number of aliphatic carboxylic acids is 1. The first kappa shape index (κ1) is 22.4.